The molecule has 0 unspecified atom stereocenters. The van der Waals surface area contributed by atoms with Gasteiger partial charge < -0.3 is 19.4 Å². The summed E-state index contributed by atoms with van der Waals surface area (Å²) in [6.45, 7) is 2.29. The molecule has 204 valence electrons. The molecule has 1 saturated carbocycles. The molecular weight excluding hydrogens is 537 g/mol. The molecule has 1 amide bonds. The summed E-state index contributed by atoms with van der Waals surface area (Å²) in [6, 6.07) is 8.54. The Kier molecular flexibility index (Phi) is 7.06. The Bertz CT molecular complexity index is 1540. The molecule has 5 rings (SSSR count). The fourth-order valence-electron chi connectivity index (χ4n) is 3.87. The SMILES string of the molecule is Cc1ccnc(Cn2c(-c3ccc(OCC(=O)NCC(F)(F)F)cc3Cl)nc3c(OC4(C)CC4)ncnc32)c1. The van der Waals surface area contributed by atoms with Crippen molar-refractivity contribution in [2.75, 3.05) is 13.2 Å². The Morgan fingerprint density at radius 1 is 1.18 bits per heavy atom. The van der Waals surface area contributed by atoms with Gasteiger partial charge in [0.05, 0.1) is 17.3 Å². The highest BCUT2D eigenvalue weighted by atomic mass is 35.5. The molecule has 39 heavy (non-hydrogen) atoms. The number of nitrogens with zero attached hydrogens (tertiary/aromatic N) is 5. The molecule has 9 nitrogen and oxygen atoms in total. The number of fused-ring (bicyclic) bond motifs is 1. The van der Waals surface area contributed by atoms with Crippen molar-refractivity contribution in [1.29, 1.82) is 0 Å². The second-order valence-corrected chi connectivity index (χ2v) is 9.98. The summed E-state index contributed by atoms with van der Waals surface area (Å²) in [4.78, 5) is 29.8. The van der Waals surface area contributed by atoms with Gasteiger partial charge >= 0.3 is 6.18 Å². The van der Waals surface area contributed by atoms with Crippen LogP contribution in [0.4, 0.5) is 13.2 Å². The molecule has 1 N–H and O–H groups in total. The molecule has 1 aliphatic rings. The average Bonchev–Trinajstić information content (AvgIpc) is 3.49. The third-order valence-electron chi connectivity index (χ3n) is 6.13. The number of carbonyl (C=O) groups excluding carboxylic acids is 1. The van der Waals surface area contributed by atoms with E-state index in [9.17, 15) is 18.0 Å². The summed E-state index contributed by atoms with van der Waals surface area (Å²) >= 11 is 6.62. The molecule has 4 aromatic rings. The highest BCUT2D eigenvalue weighted by Crippen LogP contribution is 2.41. The largest absolute Gasteiger partial charge is 0.484 e. The van der Waals surface area contributed by atoms with E-state index in [1.807, 2.05) is 30.5 Å². The lowest BCUT2D eigenvalue weighted by Crippen LogP contribution is -2.36. The van der Waals surface area contributed by atoms with Crippen molar-refractivity contribution >= 4 is 28.7 Å². The first-order chi connectivity index (χ1) is 18.5. The molecule has 0 spiro atoms. The molecule has 0 radical (unpaired) electrons. The average molecular weight is 561 g/mol. The number of aryl methyl sites for hydroxylation is 1. The maximum atomic E-state index is 12.3. The maximum absolute atomic E-state index is 12.3. The first-order valence-electron chi connectivity index (χ1n) is 12.1. The predicted octanol–water partition coefficient (Wildman–Crippen LogP) is 4.89. The van der Waals surface area contributed by atoms with Crippen molar-refractivity contribution in [2.24, 2.45) is 0 Å². The van der Waals surface area contributed by atoms with E-state index in [1.165, 1.54) is 12.4 Å². The van der Waals surface area contributed by atoms with Gasteiger partial charge in [-0.25, -0.2) is 9.97 Å². The lowest BCUT2D eigenvalue weighted by Gasteiger charge is -2.12. The summed E-state index contributed by atoms with van der Waals surface area (Å²) in [5.74, 6) is 0.159. The number of ether oxygens (including phenoxy) is 2. The number of alkyl halides is 3. The Labute approximate surface area is 226 Å². The zero-order valence-corrected chi connectivity index (χ0v) is 21.8. The number of amides is 1. The number of hydrogen-bond donors (Lipinski definition) is 1. The Morgan fingerprint density at radius 2 is 1.97 bits per heavy atom. The molecule has 3 heterocycles. The molecule has 1 aliphatic carbocycles. The molecule has 0 saturated heterocycles. The third-order valence-corrected chi connectivity index (χ3v) is 6.44. The number of hydrogen-bond acceptors (Lipinski definition) is 7. The Morgan fingerprint density at radius 3 is 2.67 bits per heavy atom. The highest BCUT2D eigenvalue weighted by Gasteiger charge is 2.41. The van der Waals surface area contributed by atoms with Gasteiger partial charge in [0.1, 0.15) is 30.0 Å². The standard InChI is InChI=1S/C26H24ClF3N6O3/c1-15-5-8-31-16(9-15)11-36-22(35-21-23(36)33-14-34-24(21)39-25(2)6-7-25)18-4-3-17(10-19(18)27)38-12-20(37)32-13-26(28,29)30/h3-5,8-10,14H,6-7,11-13H2,1-2H3,(H,32,37). The highest BCUT2D eigenvalue weighted by molar-refractivity contribution is 6.33. The van der Waals surface area contributed by atoms with Crippen LogP contribution in [-0.2, 0) is 11.3 Å². The van der Waals surface area contributed by atoms with Crippen LogP contribution in [0, 0.1) is 6.92 Å². The normalized spacial score (nSPS) is 14.3. The van der Waals surface area contributed by atoms with E-state index in [1.54, 1.807) is 23.6 Å². The van der Waals surface area contributed by atoms with E-state index in [0.29, 0.717) is 35.0 Å². The van der Waals surface area contributed by atoms with Gasteiger partial charge in [-0.3, -0.25) is 9.78 Å². The van der Waals surface area contributed by atoms with E-state index in [-0.39, 0.29) is 16.4 Å². The Balaban J connectivity index is 1.47. The van der Waals surface area contributed by atoms with Crippen LogP contribution in [0.2, 0.25) is 5.02 Å². The van der Waals surface area contributed by atoms with E-state index < -0.39 is 25.2 Å². The fraction of sp³-hybridized carbons (Fsp3) is 0.346. The summed E-state index contributed by atoms with van der Waals surface area (Å²) in [6.07, 6.45) is 0.482. The van der Waals surface area contributed by atoms with E-state index in [0.717, 1.165) is 24.1 Å². The van der Waals surface area contributed by atoms with Crippen molar-refractivity contribution in [3.05, 3.63) is 59.1 Å². The third kappa shape index (κ3) is 6.39. The van der Waals surface area contributed by atoms with Crippen LogP contribution in [0.25, 0.3) is 22.6 Å². The molecule has 3 aromatic heterocycles. The zero-order chi connectivity index (χ0) is 27.8. The minimum Gasteiger partial charge on any atom is -0.484 e. The summed E-state index contributed by atoms with van der Waals surface area (Å²) in [7, 11) is 0. The lowest BCUT2D eigenvalue weighted by atomic mass is 10.2. The molecular formula is C26H24ClF3N6O3. The number of halogens is 4. The quantitative estimate of drug-likeness (QED) is 0.311. The van der Waals surface area contributed by atoms with Gasteiger partial charge in [-0.15, -0.1) is 0 Å². The van der Waals surface area contributed by atoms with Crippen LogP contribution >= 0.6 is 11.6 Å². The van der Waals surface area contributed by atoms with Crippen LogP contribution in [0.1, 0.15) is 31.0 Å². The van der Waals surface area contributed by atoms with E-state index in [2.05, 4.69) is 15.0 Å². The van der Waals surface area contributed by atoms with Gasteiger partial charge in [0.15, 0.2) is 17.8 Å². The number of rotatable bonds is 9. The van der Waals surface area contributed by atoms with Crippen molar-refractivity contribution in [3.63, 3.8) is 0 Å². The molecule has 13 heteroatoms. The first kappa shape index (κ1) is 26.7. The summed E-state index contributed by atoms with van der Waals surface area (Å²) in [5, 5.41) is 2.01. The minimum atomic E-state index is -4.51. The van der Waals surface area contributed by atoms with Gasteiger partial charge in [0.2, 0.25) is 5.88 Å². The van der Waals surface area contributed by atoms with Crippen molar-refractivity contribution < 1.29 is 27.4 Å². The molecule has 0 aliphatic heterocycles. The topological polar surface area (TPSA) is 104 Å². The van der Waals surface area contributed by atoms with Gasteiger partial charge in [-0.2, -0.15) is 18.2 Å². The molecule has 0 atom stereocenters. The zero-order valence-electron chi connectivity index (χ0n) is 21.0. The van der Waals surface area contributed by atoms with Crippen LogP contribution < -0.4 is 14.8 Å². The number of aromatic nitrogens is 5. The van der Waals surface area contributed by atoms with Crippen molar-refractivity contribution in [1.82, 2.24) is 29.8 Å². The molecule has 1 fully saturated rings. The first-order valence-corrected chi connectivity index (χ1v) is 12.5. The predicted molar refractivity (Wildman–Crippen MR) is 137 cm³/mol. The summed E-state index contributed by atoms with van der Waals surface area (Å²) < 4.78 is 50.3. The number of nitrogens with one attached hydrogen (secondary N) is 1. The number of benzene rings is 1. The van der Waals surface area contributed by atoms with Crippen LogP contribution in [0.5, 0.6) is 11.6 Å². The summed E-state index contributed by atoms with van der Waals surface area (Å²) in [5.41, 5.74) is 3.11. The fourth-order valence-corrected chi connectivity index (χ4v) is 4.13. The van der Waals surface area contributed by atoms with Crippen LogP contribution in [0.15, 0.2) is 42.9 Å². The van der Waals surface area contributed by atoms with Crippen LogP contribution in [-0.4, -0.2) is 55.3 Å². The van der Waals surface area contributed by atoms with Gasteiger partial charge in [0, 0.05) is 11.8 Å². The van der Waals surface area contributed by atoms with E-state index >= 15 is 0 Å². The minimum absolute atomic E-state index is 0.208. The number of pyridine rings is 1. The smallest absolute Gasteiger partial charge is 0.405 e. The molecule has 1 aromatic carbocycles. The molecule has 0 bridgehead atoms. The van der Waals surface area contributed by atoms with Gasteiger partial charge in [-0.1, -0.05) is 11.6 Å². The number of imidazole rings is 1. The maximum Gasteiger partial charge on any atom is 0.405 e. The second kappa shape index (κ2) is 10.3. The van der Waals surface area contributed by atoms with Gasteiger partial charge in [0.25, 0.3) is 5.91 Å². The monoisotopic (exact) mass is 560 g/mol. The van der Waals surface area contributed by atoms with Crippen molar-refractivity contribution in [2.45, 2.75) is 45.0 Å². The van der Waals surface area contributed by atoms with Crippen LogP contribution in [0.3, 0.4) is 0 Å². The lowest BCUT2D eigenvalue weighted by molar-refractivity contribution is -0.139. The Hall–Kier alpha value is -3.93. The van der Waals surface area contributed by atoms with E-state index in [4.69, 9.17) is 26.1 Å². The van der Waals surface area contributed by atoms with Gasteiger partial charge in [-0.05, 0) is 62.6 Å². The second-order valence-electron chi connectivity index (χ2n) is 9.57. The van der Waals surface area contributed by atoms with Crippen molar-refractivity contribution in [3.8, 4) is 23.0 Å². The number of carbonyl (C=O) groups is 1.